The van der Waals surface area contributed by atoms with Crippen molar-refractivity contribution in [3.63, 3.8) is 0 Å². The number of nitrogens with one attached hydrogen (secondary N) is 1. The fraction of sp³-hybridized carbons (Fsp3) is 0.625. The number of hydrogen-bond donors (Lipinski definition) is 1. The first kappa shape index (κ1) is 15.0. The van der Waals surface area contributed by atoms with Gasteiger partial charge < -0.3 is 19.5 Å². The predicted octanol–water partition coefficient (Wildman–Crippen LogP) is 2.99. The van der Waals surface area contributed by atoms with Gasteiger partial charge in [-0.2, -0.15) is 0 Å². The van der Waals surface area contributed by atoms with Gasteiger partial charge in [0.15, 0.2) is 11.5 Å². The summed E-state index contributed by atoms with van der Waals surface area (Å²) < 4.78 is 16.2. The minimum Gasteiger partial charge on any atom is -0.493 e. The van der Waals surface area contributed by atoms with Crippen molar-refractivity contribution in [2.24, 2.45) is 5.92 Å². The maximum absolute atomic E-state index is 5.50. The van der Waals surface area contributed by atoms with E-state index in [4.69, 9.17) is 14.2 Å². The van der Waals surface area contributed by atoms with Gasteiger partial charge in [-0.1, -0.05) is 12.5 Å². The molecule has 0 aliphatic heterocycles. The topological polar surface area (TPSA) is 39.7 Å². The highest BCUT2D eigenvalue weighted by atomic mass is 16.5. The van der Waals surface area contributed by atoms with E-state index in [9.17, 15) is 0 Å². The third-order valence-electron chi connectivity index (χ3n) is 4.26. The van der Waals surface area contributed by atoms with Gasteiger partial charge in [0.25, 0.3) is 0 Å². The second-order valence-electron chi connectivity index (χ2n) is 5.35. The summed E-state index contributed by atoms with van der Waals surface area (Å²) in [5.41, 5.74) is 1.09. The molecule has 0 bridgehead atoms. The summed E-state index contributed by atoms with van der Waals surface area (Å²) in [5, 5.41) is 3.59. The summed E-state index contributed by atoms with van der Waals surface area (Å²) in [6.07, 6.45) is 4.06. The van der Waals surface area contributed by atoms with Crippen molar-refractivity contribution < 1.29 is 14.2 Å². The third kappa shape index (κ3) is 3.01. The normalized spacial score (nSPS) is 16.4. The van der Waals surface area contributed by atoms with Crippen LogP contribution in [0.4, 0.5) is 0 Å². The molecular weight excluding hydrogens is 254 g/mol. The molecule has 1 fully saturated rings. The van der Waals surface area contributed by atoms with Crippen LogP contribution < -0.4 is 19.5 Å². The molecule has 2 rings (SSSR count). The number of hydrogen-bond acceptors (Lipinski definition) is 4. The van der Waals surface area contributed by atoms with E-state index in [0.29, 0.717) is 17.5 Å². The standard InChI is InChI=1S/C16H25NO3/c1-11(12-6-5-7-12)17-10-13-8-9-14(18-2)16(20-4)15(13)19-3/h8-9,11-12,17H,5-7,10H2,1-4H3. The highest BCUT2D eigenvalue weighted by molar-refractivity contribution is 5.55. The third-order valence-corrected chi connectivity index (χ3v) is 4.26. The monoisotopic (exact) mass is 279 g/mol. The van der Waals surface area contributed by atoms with Crippen LogP contribution in [0.15, 0.2) is 12.1 Å². The second kappa shape index (κ2) is 6.84. The molecule has 0 amide bonds. The fourth-order valence-corrected chi connectivity index (χ4v) is 2.68. The molecule has 112 valence electrons. The summed E-state index contributed by atoms with van der Waals surface area (Å²) in [7, 11) is 4.93. The van der Waals surface area contributed by atoms with Gasteiger partial charge in [-0.25, -0.2) is 0 Å². The van der Waals surface area contributed by atoms with E-state index in [1.807, 2.05) is 12.1 Å². The lowest BCUT2D eigenvalue weighted by Gasteiger charge is -2.32. The highest BCUT2D eigenvalue weighted by Gasteiger charge is 2.24. The zero-order valence-corrected chi connectivity index (χ0v) is 12.9. The fourth-order valence-electron chi connectivity index (χ4n) is 2.68. The van der Waals surface area contributed by atoms with Crippen LogP contribution in [0, 0.1) is 5.92 Å². The predicted molar refractivity (Wildman–Crippen MR) is 79.7 cm³/mol. The minimum absolute atomic E-state index is 0.543. The van der Waals surface area contributed by atoms with E-state index in [2.05, 4.69) is 12.2 Å². The highest BCUT2D eigenvalue weighted by Crippen LogP contribution is 2.39. The van der Waals surface area contributed by atoms with E-state index >= 15 is 0 Å². The van der Waals surface area contributed by atoms with Crippen LogP contribution in [0.5, 0.6) is 17.2 Å². The van der Waals surface area contributed by atoms with Crippen molar-refractivity contribution in [1.29, 1.82) is 0 Å². The smallest absolute Gasteiger partial charge is 0.203 e. The molecule has 1 unspecified atom stereocenters. The molecule has 1 aliphatic rings. The first-order valence-electron chi connectivity index (χ1n) is 7.22. The molecule has 1 N–H and O–H groups in total. The number of rotatable bonds is 7. The van der Waals surface area contributed by atoms with Crippen molar-refractivity contribution >= 4 is 0 Å². The van der Waals surface area contributed by atoms with Crippen LogP contribution in [-0.4, -0.2) is 27.4 Å². The Bertz CT molecular complexity index is 444. The Morgan fingerprint density at radius 3 is 2.30 bits per heavy atom. The van der Waals surface area contributed by atoms with E-state index in [1.165, 1.54) is 19.3 Å². The molecule has 1 atom stereocenters. The first-order valence-corrected chi connectivity index (χ1v) is 7.22. The van der Waals surface area contributed by atoms with Gasteiger partial charge in [-0.3, -0.25) is 0 Å². The Labute approximate surface area is 121 Å². The molecule has 1 aromatic rings. The van der Waals surface area contributed by atoms with E-state index < -0.39 is 0 Å². The molecule has 0 spiro atoms. The molecule has 0 saturated heterocycles. The van der Waals surface area contributed by atoms with Crippen molar-refractivity contribution in [3.8, 4) is 17.2 Å². The van der Waals surface area contributed by atoms with Crippen LogP contribution >= 0.6 is 0 Å². The lowest BCUT2D eigenvalue weighted by molar-refractivity contribution is 0.239. The molecule has 0 radical (unpaired) electrons. The summed E-state index contributed by atoms with van der Waals surface area (Å²) in [4.78, 5) is 0. The summed E-state index contributed by atoms with van der Waals surface area (Å²) >= 11 is 0. The zero-order chi connectivity index (χ0) is 14.5. The average Bonchev–Trinajstić information content (AvgIpc) is 2.41. The lowest BCUT2D eigenvalue weighted by atomic mass is 9.80. The largest absolute Gasteiger partial charge is 0.493 e. The van der Waals surface area contributed by atoms with Gasteiger partial charge in [0, 0.05) is 18.2 Å². The average molecular weight is 279 g/mol. The van der Waals surface area contributed by atoms with E-state index in [1.54, 1.807) is 21.3 Å². The van der Waals surface area contributed by atoms with E-state index in [0.717, 1.165) is 23.8 Å². The quantitative estimate of drug-likeness (QED) is 0.833. The van der Waals surface area contributed by atoms with Crippen molar-refractivity contribution in [1.82, 2.24) is 5.32 Å². The van der Waals surface area contributed by atoms with Crippen molar-refractivity contribution in [2.45, 2.75) is 38.8 Å². The number of methoxy groups -OCH3 is 3. The molecule has 4 heteroatoms. The zero-order valence-electron chi connectivity index (χ0n) is 12.9. The summed E-state index contributed by atoms with van der Waals surface area (Å²) in [6.45, 7) is 3.04. The van der Waals surface area contributed by atoms with Gasteiger partial charge >= 0.3 is 0 Å². The van der Waals surface area contributed by atoms with Gasteiger partial charge in [-0.05, 0) is 31.7 Å². The van der Waals surface area contributed by atoms with Crippen molar-refractivity contribution in [2.75, 3.05) is 21.3 Å². The van der Waals surface area contributed by atoms with Crippen LogP contribution in [0.3, 0.4) is 0 Å². The van der Waals surface area contributed by atoms with Crippen molar-refractivity contribution in [3.05, 3.63) is 17.7 Å². The first-order chi connectivity index (χ1) is 9.71. The molecule has 0 heterocycles. The van der Waals surface area contributed by atoms with Gasteiger partial charge in [-0.15, -0.1) is 0 Å². The Hall–Kier alpha value is -1.42. The molecular formula is C16H25NO3. The van der Waals surface area contributed by atoms with Gasteiger partial charge in [0.2, 0.25) is 5.75 Å². The lowest BCUT2D eigenvalue weighted by Crippen LogP contribution is -2.36. The van der Waals surface area contributed by atoms with Crippen LogP contribution in [0.25, 0.3) is 0 Å². The second-order valence-corrected chi connectivity index (χ2v) is 5.35. The Balaban J connectivity index is 2.10. The van der Waals surface area contributed by atoms with Gasteiger partial charge in [0.05, 0.1) is 21.3 Å². The molecule has 20 heavy (non-hydrogen) atoms. The maximum atomic E-state index is 5.50. The number of benzene rings is 1. The molecule has 1 aliphatic carbocycles. The maximum Gasteiger partial charge on any atom is 0.203 e. The Morgan fingerprint density at radius 1 is 1.10 bits per heavy atom. The molecule has 1 aromatic carbocycles. The van der Waals surface area contributed by atoms with Crippen LogP contribution in [-0.2, 0) is 6.54 Å². The Kier molecular flexibility index (Phi) is 5.12. The Morgan fingerprint density at radius 2 is 1.80 bits per heavy atom. The van der Waals surface area contributed by atoms with Crippen LogP contribution in [0.2, 0.25) is 0 Å². The van der Waals surface area contributed by atoms with E-state index in [-0.39, 0.29) is 0 Å². The van der Waals surface area contributed by atoms with Crippen LogP contribution in [0.1, 0.15) is 31.7 Å². The molecule has 4 nitrogen and oxygen atoms in total. The molecule has 0 aromatic heterocycles. The molecule has 1 saturated carbocycles. The summed E-state index contributed by atoms with van der Waals surface area (Å²) in [5.74, 6) is 2.92. The SMILES string of the molecule is COc1ccc(CNC(C)C2CCC2)c(OC)c1OC. The minimum atomic E-state index is 0.543. The summed E-state index contributed by atoms with van der Waals surface area (Å²) in [6, 6.07) is 4.49. The van der Waals surface area contributed by atoms with Gasteiger partial charge in [0.1, 0.15) is 0 Å². The number of ether oxygens (including phenoxy) is 3.